The Hall–Kier alpha value is -1.55. The molecule has 0 aliphatic carbocycles. The Labute approximate surface area is 172 Å². The number of halogens is 1. The van der Waals surface area contributed by atoms with Crippen LogP contribution in [0.5, 0.6) is 0 Å². The Morgan fingerprint density at radius 3 is 2.59 bits per heavy atom. The molecule has 1 aromatic carbocycles. The first-order valence-corrected chi connectivity index (χ1v) is 12.8. The van der Waals surface area contributed by atoms with Crippen molar-refractivity contribution in [3.63, 3.8) is 0 Å². The first kappa shape index (κ1) is 23.5. The molecule has 0 aromatic heterocycles. The largest absolute Gasteiger partial charge is 0.413 e. The van der Waals surface area contributed by atoms with Gasteiger partial charge in [-0.1, -0.05) is 72.2 Å². The average Bonchev–Trinajstić information content (AvgIpc) is 2.57. The molecule has 1 rings (SSSR count). The molecule has 0 bridgehead atoms. The van der Waals surface area contributed by atoms with Crippen molar-refractivity contribution in [1.82, 2.24) is 0 Å². The second kappa shape index (κ2) is 10.7. The van der Waals surface area contributed by atoms with E-state index in [2.05, 4.69) is 65.6 Å². The molecule has 0 spiro atoms. The van der Waals surface area contributed by atoms with Gasteiger partial charge >= 0.3 is 0 Å². The van der Waals surface area contributed by atoms with Gasteiger partial charge in [-0.3, -0.25) is 0 Å². The van der Waals surface area contributed by atoms with E-state index in [1.165, 1.54) is 0 Å². The molecule has 0 unspecified atom stereocenters. The topological polar surface area (TPSA) is 58.0 Å². The lowest BCUT2D eigenvalue weighted by Gasteiger charge is -2.35. The molecular formula is C21H30BrN3OSi. The fourth-order valence-electron chi connectivity index (χ4n) is 2.15. The van der Waals surface area contributed by atoms with E-state index >= 15 is 0 Å². The van der Waals surface area contributed by atoms with Gasteiger partial charge in [0.25, 0.3) is 0 Å². The standard InChI is InChI=1S/C21H30BrN3OSi/c1-17(10-9-15-26-27(5,6)21(2,3)4)16-18(13-14-24-25-23)19-11-7-8-12-20(19)22/h7-12H,13-15H2,1-6H3/b10-9+. The monoisotopic (exact) mass is 447 g/mol. The van der Waals surface area contributed by atoms with E-state index in [1.807, 2.05) is 43.3 Å². The Morgan fingerprint density at radius 2 is 2.00 bits per heavy atom. The van der Waals surface area contributed by atoms with Crippen molar-refractivity contribution in [3.05, 3.63) is 68.2 Å². The normalized spacial score (nSPS) is 11.8. The molecule has 1 aromatic rings. The number of allylic oxidation sites excluding steroid dienone is 1. The molecule has 0 N–H and O–H groups in total. The van der Waals surface area contributed by atoms with Gasteiger partial charge in [0, 0.05) is 21.5 Å². The number of hydrogen-bond donors (Lipinski definition) is 0. The summed E-state index contributed by atoms with van der Waals surface area (Å²) in [6.07, 6.45) is 4.73. The van der Waals surface area contributed by atoms with Crippen LogP contribution >= 0.6 is 15.9 Å². The van der Waals surface area contributed by atoms with Crippen molar-refractivity contribution in [3.8, 4) is 0 Å². The summed E-state index contributed by atoms with van der Waals surface area (Å²) in [7, 11) is -1.73. The molecule has 0 atom stereocenters. The zero-order valence-corrected chi connectivity index (χ0v) is 19.8. The zero-order valence-electron chi connectivity index (χ0n) is 17.2. The molecule has 0 radical (unpaired) electrons. The highest BCUT2D eigenvalue weighted by molar-refractivity contribution is 9.10. The lowest BCUT2D eigenvalue weighted by molar-refractivity contribution is 0.328. The maximum absolute atomic E-state index is 8.54. The zero-order chi connectivity index (χ0) is 20.5. The minimum Gasteiger partial charge on any atom is -0.413 e. The van der Waals surface area contributed by atoms with E-state index in [9.17, 15) is 0 Å². The molecule has 0 heterocycles. The summed E-state index contributed by atoms with van der Waals surface area (Å²) < 4.78 is 7.18. The fraction of sp³-hybridized carbons (Fsp3) is 0.476. The van der Waals surface area contributed by atoms with Crippen molar-refractivity contribution in [2.24, 2.45) is 5.11 Å². The van der Waals surface area contributed by atoms with Crippen molar-refractivity contribution >= 4 is 29.8 Å². The smallest absolute Gasteiger partial charge is 0.192 e. The Kier molecular flexibility index (Phi) is 9.30. The van der Waals surface area contributed by atoms with Gasteiger partial charge in [-0.2, -0.15) is 0 Å². The van der Waals surface area contributed by atoms with Crippen LogP contribution in [0.25, 0.3) is 16.0 Å². The van der Waals surface area contributed by atoms with E-state index in [1.54, 1.807) is 0 Å². The molecule has 0 saturated heterocycles. The fourth-order valence-corrected chi connectivity index (χ4v) is 3.62. The Balaban J connectivity index is 3.00. The second-order valence-corrected chi connectivity index (χ2v) is 13.6. The summed E-state index contributed by atoms with van der Waals surface area (Å²) in [4.78, 5) is 2.84. The summed E-state index contributed by atoms with van der Waals surface area (Å²) >= 11 is 3.59. The number of nitrogens with zero attached hydrogens (tertiary/aromatic N) is 3. The Bertz CT molecular complexity index is 781. The van der Waals surface area contributed by atoms with Crippen molar-refractivity contribution in [2.45, 2.75) is 52.2 Å². The second-order valence-electron chi connectivity index (χ2n) is 7.94. The van der Waals surface area contributed by atoms with Gasteiger partial charge in [0.05, 0.1) is 6.61 Å². The molecule has 0 amide bonds. The van der Waals surface area contributed by atoms with Crippen LogP contribution in [0.4, 0.5) is 0 Å². The third-order valence-corrected chi connectivity index (χ3v) is 9.98. The van der Waals surface area contributed by atoms with Crippen LogP contribution in [0, 0.1) is 0 Å². The molecule has 4 nitrogen and oxygen atoms in total. The quantitative estimate of drug-likeness (QED) is 0.101. The lowest BCUT2D eigenvalue weighted by Crippen LogP contribution is -2.40. The third-order valence-electron chi connectivity index (χ3n) is 4.79. The molecule has 0 saturated carbocycles. The summed E-state index contributed by atoms with van der Waals surface area (Å²) in [5, 5.41) is 3.87. The van der Waals surface area contributed by atoms with Gasteiger partial charge < -0.3 is 4.43 Å². The van der Waals surface area contributed by atoms with Crippen LogP contribution in [0.2, 0.25) is 18.1 Å². The molecule has 0 fully saturated rings. The van der Waals surface area contributed by atoms with Gasteiger partial charge in [-0.15, -0.1) is 5.73 Å². The van der Waals surface area contributed by atoms with Crippen molar-refractivity contribution in [2.75, 3.05) is 13.2 Å². The maximum atomic E-state index is 8.54. The van der Waals surface area contributed by atoms with Crippen LogP contribution in [-0.2, 0) is 4.43 Å². The highest BCUT2D eigenvalue weighted by Gasteiger charge is 2.36. The van der Waals surface area contributed by atoms with Gasteiger partial charge in [-0.25, -0.2) is 0 Å². The summed E-state index contributed by atoms with van der Waals surface area (Å²) in [5.74, 6) is 0. The van der Waals surface area contributed by atoms with E-state index in [0.29, 0.717) is 19.6 Å². The number of hydrogen-bond acceptors (Lipinski definition) is 2. The van der Waals surface area contributed by atoms with E-state index in [4.69, 9.17) is 9.96 Å². The first-order valence-electron chi connectivity index (χ1n) is 9.11. The molecule has 0 aliphatic heterocycles. The summed E-state index contributed by atoms with van der Waals surface area (Å²) in [6, 6.07) is 8.02. The highest BCUT2D eigenvalue weighted by Crippen LogP contribution is 2.36. The van der Waals surface area contributed by atoms with Crippen LogP contribution in [-0.4, -0.2) is 21.5 Å². The molecule has 0 aliphatic rings. The lowest BCUT2D eigenvalue weighted by atomic mass is 10.0. The Morgan fingerprint density at radius 1 is 1.33 bits per heavy atom. The molecule has 6 heteroatoms. The number of benzene rings is 1. The molecular weight excluding hydrogens is 418 g/mol. The van der Waals surface area contributed by atoms with E-state index in [0.717, 1.165) is 21.2 Å². The summed E-state index contributed by atoms with van der Waals surface area (Å²) in [5.41, 5.74) is 15.1. The highest BCUT2D eigenvalue weighted by atomic mass is 79.9. The predicted octanol–water partition coefficient (Wildman–Crippen LogP) is 7.66. The first-order chi connectivity index (χ1) is 12.6. The van der Waals surface area contributed by atoms with Gasteiger partial charge in [0.1, 0.15) is 0 Å². The molecule has 146 valence electrons. The minimum atomic E-state index is -1.73. The van der Waals surface area contributed by atoms with Crippen LogP contribution in [0.15, 0.2) is 57.3 Å². The van der Waals surface area contributed by atoms with Crippen LogP contribution in [0.1, 0.15) is 39.7 Å². The minimum absolute atomic E-state index is 0.208. The average molecular weight is 448 g/mol. The van der Waals surface area contributed by atoms with Gasteiger partial charge in [0.2, 0.25) is 0 Å². The van der Waals surface area contributed by atoms with E-state index < -0.39 is 8.32 Å². The van der Waals surface area contributed by atoms with Crippen LogP contribution < -0.4 is 0 Å². The number of azide groups is 1. The summed E-state index contributed by atoms with van der Waals surface area (Å²) in [6.45, 7) is 14.3. The van der Waals surface area contributed by atoms with Gasteiger partial charge in [0.15, 0.2) is 8.32 Å². The van der Waals surface area contributed by atoms with Gasteiger partial charge in [-0.05, 0) is 54.2 Å². The van der Waals surface area contributed by atoms with E-state index in [-0.39, 0.29) is 5.04 Å². The number of rotatable bonds is 8. The van der Waals surface area contributed by atoms with Crippen molar-refractivity contribution < 1.29 is 4.43 Å². The maximum Gasteiger partial charge on any atom is 0.192 e. The SMILES string of the molecule is CC(=C=C(CCN=[N+]=[N-])c1ccccc1Br)/C=C/CO[Si](C)(C)C(C)(C)C. The third kappa shape index (κ3) is 7.92. The molecule has 27 heavy (non-hydrogen) atoms. The van der Waals surface area contributed by atoms with Crippen molar-refractivity contribution in [1.29, 1.82) is 0 Å². The van der Waals surface area contributed by atoms with Crippen LogP contribution in [0.3, 0.4) is 0 Å². The predicted molar refractivity (Wildman–Crippen MR) is 121 cm³/mol.